The zero-order valence-electron chi connectivity index (χ0n) is 9.15. The van der Waals surface area contributed by atoms with Crippen LogP contribution in [0.1, 0.15) is 19.3 Å². The summed E-state index contributed by atoms with van der Waals surface area (Å²) < 4.78 is 2.55. The quantitative estimate of drug-likeness (QED) is 0.595. The van der Waals surface area contributed by atoms with Gasteiger partial charge in [-0.2, -0.15) is 0 Å². The molecule has 84 valence electrons. The lowest BCUT2D eigenvalue weighted by Gasteiger charge is -2.25. The number of piperidine rings is 1. The van der Waals surface area contributed by atoms with Crippen LogP contribution >= 0.6 is 12.2 Å². The molecule has 15 heavy (non-hydrogen) atoms. The number of H-pyrrole nitrogens is 1. The van der Waals surface area contributed by atoms with Crippen molar-refractivity contribution in [1.82, 2.24) is 19.9 Å². The van der Waals surface area contributed by atoms with Crippen molar-refractivity contribution in [2.75, 3.05) is 19.6 Å². The monoisotopic (exact) mass is 228 g/mol. The molecule has 0 radical (unpaired) electrons. The van der Waals surface area contributed by atoms with Gasteiger partial charge < -0.3 is 0 Å². The maximum Gasteiger partial charge on any atom is 0.347 e. The molecule has 5 nitrogen and oxygen atoms in total. The zero-order valence-corrected chi connectivity index (χ0v) is 9.96. The van der Waals surface area contributed by atoms with Gasteiger partial charge in [-0.3, -0.25) is 4.90 Å². The van der Waals surface area contributed by atoms with E-state index in [-0.39, 0.29) is 0 Å². The van der Waals surface area contributed by atoms with Gasteiger partial charge >= 0.3 is 4.77 Å². The van der Waals surface area contributed by atoms with E-state index in [0.717, 1.165) is 13.1 Å². The molecule has 0 aliphatic carbocycles. The van der Waals surface area contributed by atoms with Crippen molar-refractivity contribution in [3.8, 4) is 0 Å². The highest BCUT2D eigenvalue weighted by molar-refractivity contribution is 7.71. The van der Waals surface area contributed by atoms with E-state index in [9.17, 15) is 0 Å². The number of tetrazole rings is 1. The van der Waals surface area contributed by atoms with Gasteiger partial charge in [0.2, 0.25) is 0 Å². The van der Waals surface area contributed by atoms with Crippen LogP contribution in [0.5, 0.6) is 0 Å². The van der Waals surface area contributed by atoms with Gasteiger partial charge in [0.1, 0.15) is 13.6 Å². The van der Waals surface area contributed by atoms with Crippen LogP contribution in [-0.2, 0) is 13.6 Å². The Bertz CT molecular complexity index is 363. The lowest BCUT2D eigenvalue weighted by molar-refractivity contribution is -0.785. The standard InChI is InChI=1S/C9H17N5S/c1-12-10-9(15)14(11-12)8-7-13-5-3-2-4-6-13/h2-8H2,1H3/p+1. The van der Waals surface area contributed by atoms with Crippen molar-refractivity contribution in [2.24, 2.45) is 7.05 Å². The number of rotatable bonds is 3. The average Bonchev–Trinajstić information content (AvgIpc) is 2.56. The van der Waals surface area contributed by atoms with Crippen LogP contribution in [0, 0.1) is 4.77 Å². The normalized spacial score (nSPS) is 18.2. The van der Waals surface area contributed by atoms with Crippen LogP contribution in [0.3, 0.4) is 0 Å². The molecule has 1 saturated heterocycles. The minimum atomic E-state index is 0.634. The second kappa shape index (κ2) is 4.85. The van der Waals surface area contributed by atoms with E-state index in [0.29, 0.717) is 4.77 Å². The van der Waals surface area contributed by atoms with E-state index in [1.165, 1.54) is 32.4 Å². The Morgan fingerprint density at radius 3 is 2.67 bits per heavy atom. The number of likely N-dealkylation sites (tertiary alicyclic amines) is 1. The van der Waals surface area contributed by atoms with E-state index in [2.05, 4.69) is 15.2 Å². The second-order valence-electron chi connectivity index (χ2n) is 4.06. The van der Waals surface area contributed by atoms with Crippen LogP contribution in [0.25, 0.3) is 0 Å². The van der Waals surface area contributed by atoms with Gasteiger partial charge in [-0.25, -0.2) is 0 Å². The highest BCUT2D eigenvalue weighted by Crippen LogP contribution is 2.07. The van der Waals surface area contributed by atoms with Gasteiger partial charge in [-0.05, 0) is 43.2 Å². The molecular weight excluding hydrogens is 210 g/mol. The third-order valence-corrected chi connectivity index (χ3v) is 3.12. The fourth-order valence-corrected chi connectivity index (χ4v) is 2.25. The maximum absolute atomic E-state index is 5.12. The topological polar surface area (TPSA) is 40.7 Å². The van der Waals surface area contributed by atoms with Crippen molar-refractivity contribution in [3.05, 3.63) is 4.77 Å². The first-order valence-electron chi connectivity index (χ1n) is 5.51. The molecular formula is C9H18N5S+. The molecule has 0 amide bonds. The van der Waals surface area contributed by atoms with Gasteiger partial charge in [0.25, 0.3) is 0 Å². The van der Waals surface area contributed by atoms with E-state index in [1.807, 2.05) is 11.7 Å². The largest absolute Gasteiger partial charge is 0.347 e. The fourth-order valence-electron chi connectivity index (χ4n) is 1.99. The molecule has 1 aromatic rings. The molecule has 1 aromatic heterocycles. The molecule has 0 unspecified atom stereocenters. The first-order chi connectivity index (χ1) is 7.25. The van der Waals surface area contributed by atoms with Crippen LogP contribution < -0.4 is 4.80 Å². The molecule has 2 rings (SSSR count). The summed E-state index contributed by atoms with van der Waals surface area (Å²) in [4.78, 5) is 4.14. The number of hydrogen-bond acceptors (Lipinski definition) is 3. The van der Waals surface area contributed by atoms with Gasteiger partial charge in [-0.15, -0.1) is 4.68 Å². The second-order valence-corrected chi connectivity index (χ2v) is 4.43. The zero-order chi connectivity index (χ0) is 10.7. The maximum atomic E-state index is 5.12. The van der Waals surface area contributed by atoms with Crippen molar-refractivity contribution in [2.45, 2.75) is 25.8 Å². The predicted octanol–water partition coefficient (Wildman–Crippen LogP) is 0.251. The van der Waals surface area contributed by atoms with Crippen LogP contribution in [0.4, 0.5) is 0 Å². The Hall–Kier alpha value is -0.750. The van der Waals surface area contributed by atoms with E-state index < -0.39 is 0 Å². The molecule has 0 aromatic carbocycles. The number of hydrogen-bond donors (Lipinski definition) is 1. The summed E-state index contributed by atoms with van der Waals surface area (Å²) in [5.41, 5.74) is 0. The molecule has 0 bridgehead atoms. The highest BCUT2D eigenvalue weighted by Gasteiger charge is 2.12. The lowest BCUT2D eigenvalue weighted by Crippen LogP contribution is -2.36. The highest BCUT2D eigenvalue weighted by atomic mass is 32.1. The van der Waals surface area contributed by atoms with Gasteiger partial charge in [0.05, 0.1) is 0 Å². The molecule has 6 heteroatoms. The Morgan fingerprint density at radius 1 is 1.33 bits per heavy atom. The minimum absolute atomic E-state index is 0.634. The SMILES string of the molecule is C[n+]1nc(=S)n(CCN2CCCCC2)[nH]1. The van der Waals surface area contributed by atoms with Crippen molar-refractivity contribution >= 4 is 12.2 Å². The molecule has 0 saturated carbocycles. The van der Waals surface area contributed by atoms with E-state index in [4.69, 9.17) is 12.2 Å². The van der Waals surface area contributed by atoms with Crippen molar-refractivity contribution in [3.63, 3.8) is 0 Å². The number of aromatic amines is 1. The third kappa shape index (κ3) is 2.85. The summed E-state index contributed by atoms with van der Waals surface area (Å²) in [7, 11) is 1.85. The average molecular weight is 228 g/mol. The Labute approximate surface area is 94.7 Å². The fraction of sp³-hybridized carbons (Fsp3) is 0.889. The van der Waals surface area contributed by atoms with Gasteiger partial charge in [0, 0.05) is 6.54 Å². The summed E-state index contributed by atoms with van der Waals surface area (Å²) in [6.45, 7) is 4.43. The van der Waals surface area contributed by atoms with Crippen LogP contribution in [0.2, 0.25) is 0 Å². The number of aryl methyl sites for hydroxylation is 1. The Kier molecular flexibility index (Phi) is 3.48. The smallest absolute Gasteiger partial charge is 0.299 e. The Morgan fingerprint density at radius 2 is 2.07 bits per heavy atom. The molecule has 1 N–H and O–H groups in total. The van der Waals surface area contributed by atoms with Crippen molar-refractivity contribution < 1.29 is 4.80 Å². The molecule has 1 aliphatic rings. The minimum Gasteiger partial charge on any atom is -0.299 e. The molecule has 2 heterocycles. The Balaban J connectivity index is 1.87. The molecule has 0 spiro atoms. The first-order valence-corrected chi connectivity index (χ1v) is 5.92. The summed E-state index contributed by atoms with van der Waals surface area (Å²) in [6, 6.07) is 0. The lowest BCUT2D eigenvalue weighted by atomic mass is 10.1. The molecule has 0 atom stereocenters. The third-order valence-electron chi connectivity index (χ3n) is 2.82. The summed E-state index contributed by atoms with van der Waals surface area (Å²) >= 11 is 5.12. The summed E-state index contributed by atoms with van der Waals surface area (Å²) in [5.74, 6) is 0. The number of aromatic nitrogens is 4. The summed E-state index contributed by atoms with van der Waals surface area (Å²) in [5, 5.41) is 7.17. The van der Waals surface area contributed by atoms with E-state index >= 15 is 0 Å². The van der Waals surface area contributed by atoms with Gasteiger partial charge in [0.15, 0.2) is 0 Å². The van der Waals surface area contributed by atoms with Crippen molar-refractivity contribution in [1.29, 1.82) is 0 Å². The number of nitrogens with one attached hydrogen (secondary N) is 1. The van der Waals surface area contributed by atoms with Crippen LogP contribution in [-0.4, -0.2) is 39.5 Å². The van der Waals surface area contributed by atoms with E-state index in [1.54, 1.807) is 4.80 Å². The predicted molar refractivity (Wildman–Crippen MR) is 58.9 cm³/mol. The molecule has 1 fully saturated rings. The summed E-state index contributed by atoms with van der Waals surface area (Å²) in [6.07, 6.45) is 4.05. The van der Waals surface area contributed by atoms with Crippen LogP contribution in [0.15, 0.2) is 0 Å². The first kappa shape index (κ1) is 10.8. The number of nitrogens with zero attached hydrogens (tertiary/aromatic N) is 4. The molecule has 1 aliphatic heterocycles. The van der Waals surface area contributed by atoms with Gasteiger partial charge in [-0.1, -0.05) is 16.4 Å².